The summed E-state index contributed by atoms with van der Waals surface area (Å²) < 4.78 is 1.89. The maximum atomic E-state index is 4.32. The van der Waals surface area contributed by atoms with Gasteiger partial charge in [-0.1, -0.05) is 30.3 Å². The summed E-state index contributed by atoms with van der Waals surface area (Å²) in [5, 5.41) is 4.32. The molecule has 88 valence electrons. The van der Waals surface area contributed by atoms with Crippen molar-refractivity contribution in [1.29, 1.82) is 0 Å². The molecule has 0 aliphatic rings. The second kappa shape index (κ2) is 4.79. The van der Waals surface area contributed by atoms with Crippen LogP contribution in [0.5, 0.6) is 0 Å². The summed E-state index contributed by atoms with van der Waals surface area (Å²) >= 11 is 0. The van der Waals surface area contributed by atoms with Gasteiger partial charge in [-0.05, 0) is 11.6 Å². The fourth-order valence-electron chi connectivity index (χ4n) is 1.78. The zero-order chi connectivity index (χ0) is 12.2. The Kier molecular flexibility index (Phi) is 2.84. The summed E-state index contributed by atoms with van der Waals surface area (Å²) in [6.07, 6.45) is 7.22. The molecule has 3 rings (SSSR count). The van der Waals surface area contributed by atoms with Crippen LogP contribution in [-0.4, -0.2) is 19.7 Å². The summed E-state index contributed by atoms with van der Waals surface area (Å²) in [7, 11) is 0. The van der Waals surface area contributed by atoms with Crippen LogP contribution in [0.2, 0.25) is 0 Å². The van der Waals surface area contributed by atoms with Crippen molar-refractivity contribution >= 4 is 0 Å². The van der Waals surface area contributed by atoms with Crippen molar-refractivity contribution in [1.82, 2.24) is 19.7 Å². The van der Waals surface area contributed by atoms with Crippen molar-refractivity contribution < 1.29 is 0 Å². The molecule has 1 aromatic carbocycles. The van der Waals surface area contributed by atoms with Crippen LogP contribution in [0.1, 0.15) is 5.56 Å². The molecule has 0 aliphatic carbocycles. The van der Waals surface area contributed by atoms with E-state index < -0.39 is 0 Å². The van der Waals surface area contributed by atoms with Gasteiger partial charge in [-0.2, -0.15) is 5.10 Å². The van der Waals surface area contributed by atoms with E-state index >= 15 is 0 Å². The highest BCUT2D eigenvalue weighted by molar-refractivity contribution is 5.51. The van der Waals surface area contributed by atoms with E-state index in [1.54, 1.807) is 24.7 Å². The van der Waals surface area contributed by atoms with Crippen molar-refractivity contribution in [2.75, 3.05) is 0 Å². The van der Waals surface area contributed by atoms with Gasteiger partial charge in [-0.3, -0.25) is 4.68 Å². The van der Waals surface area contributed by atoms with Gasteiger partial charge in [0.2, 0.25) is 0 Å². The molecule has 4 heteroatoms. The third-order valence-electron chi connectivity index (χ3n) is 2.64. The molecule has 0 aliphatic heterocycles. The van der Waals surface area contributed by atoms with E-state index in [0.717, 1.165) is 12.1 Å². The molecule has 0 bridgehead atoms. The van der Waals surface area contributed by atoms with Crippen molar-refractivity contribution in [3.8, 4) is 11.4 Å². The summed E-state index contributed by atoms with van der Waals surface area (Å²) in [4.78, 5) is 8.41. The number of aromatic nitrogens is 4. The molecule has 3 aromatic rings. The predicted octanol–water partition coefficient (Wildman–Crippen LogP) is 2.39. The first-order valence-corrected chi connectivity index (χ1v) is 5.75. The van der Waals surface area contributed by atoms with Crippen molar-refractivity contribution in [2.45, 2.75) is 6.54 Å². The minimum Gasteiger partial charge on any atom is -0.268 e. The lowest BCUT2D eigenvalue weighted by Gasteiger charge is -2.00. The largest absolute Gasteiger partial charge is 0.268 e. The molecule has 0 fully saturated rings. The van der Waals surface area contributed by atoms with Crippen molar-refractivity contribution in [2.24, 2.45) is 0 Å². The highest BCUT2D eigenvalue weighted by atomic mass is 15.3. The second-order valence-electron chi connectivity index (χ2n) is 3.98. The van der Waals surface area contributed by atoms with Gasteiger partial charge in [0, 0.05) is 18.6 Å². The third kappa shape index (κ3) is 2.27. The zero-order valence-electron chi connectivity index (χ0n) is 9.77. The Morgan fingerprint density at radius 2 is 1.72 bits per heavy atom. The first kappa shape index (κ1) is 10.7. The average molecular weight is 236 g/mol. The molecule has 0 saturated heterocycles. The van der Waals surface area contributed by atoms with Gasteiger partial charge in [0.05, 0.1) is 18.3 Å². The highest BCUT2D eigenvalue weighted by Gasteiger charge is 2.03. The van der Waals surface area contributed by atoms with Crippen LogP contribution in [0.4, 0.5) is 0 Å². The number of hydrogen-bond acceptors (Lipinski definition) is 3. The topological polar surface area (TPSA) is 43.6 Å². The first-order valence-electron chi connectivity index (χ1n) is 5.75. The Bertz CT molecular complexity index is 617. The normalized spacial score (nSPS) is 10.4. The molecule has 0 radical (unpaired) electrons. The molecular weight excluding hydrogens is 224 g/mol. The van der Waals surface area contributed by atoms with Crippen LogP contribution in [0, 0.1) is 0 Å². The number of hydrogen-bond donors (Lipinski definition) is 0. The van der Waals surface area contributed by atoms with Gasteiger partial charge in [-0.25, -0.2) is 9.97 Å². The van der Waals surface area contributed by atoms with Gasteiger partial charge < -0.3 is 0 Å². The Labute approximate surface area is 105 Å². The standard InChI is InChI=1S/C14H12N4/c1-2-5-12(6-3-1)10-18-11-13(9-17-18)14-15-7-4-8-16-14/h1-9,11H,10H2. The lowest BCUT2D eigenvalue weighted by Crippen LogP contribution is -1.99. The van der Waals surface area contributed by atoms with Gasteiger partial charge >= 0.3 is 0 Å². The summed E-state index contributed by atoms with van der Waals surface area (Å²) in [6.45, 7) is 0.758. The van der Waals surface area contributed by atoms with E-state index in [-0.39, 0.29) is 0 Å². The highest BCUT2D eigenvalue weighted by Crippen LogP contribution is 2.12. The van der Waals surface area contributed by atoms with Gasteiger partial charge in [0.1, 0.15) is 0 Å². The minimum atomic E-state index is 0.705. The van der Waals surface area contributed by atoms with Crippen molar-refractivity contribution in [3.63, 3.8) is 0 Å². The van der Waals surface area contributed by atoms with Crippen LogP contribution >= 0.6 is 0 Å². The SMILES string of the molecule is c1ccc(Cn2cc(-c3ncccn3)cn2)cc1. The van der Waals surface area contributed by atoms with E-state index in [2.05, 4.69) is 27.2 Å². The quantitative estimate of drug-likeness (QED) is 0.701. The monoisotopic (exact) mass is 236 g/mol. The molecule has 0 amide bonds. The third-order valence-corrected chi connectivity index (χ3v) is 2.64. The van der Waals surface area contributed by atoms with Crippen molar-refractivity contribution in [3.05, 3.63) is 66.7 Å². The molecule has 0 saturated carbocycles. The number of benzene rings is 1. The summed E-state index contributed by atoms with van der Waals surface area (Å²) in [5.41, 5.74) is 2.16. The molecule has 0 unspecified atom stereocenters. The summed E-state index contributed by atoms with van der Waals surface area (Å²) in [5.74, 6) is 0.705. The van der Waals surface area contributed by atoms with E-state index in [1.807, 2.05) is 29.1 Å². The van der Waals surface area contributed by atoms with E-state index in [4.69, 9.17) is 0 Å². The average Bonchev–Trinajstić information content (AvgIpc) is 2.89. The fraction of sp³-hybridized carbons (Fsp3) is 0.0714. The van der Waals surface area contributed by atoms with Gasteiger partial charge in [0.15, 0.2) is 5.82 Å². The van der Waals surface area contributed by atoms with Crippen LogP contribution in [0.25, 0.3) is 11.4 Å². The molecule has 0 spiro atoms. The smallest absolute Gasteiger partial charge is 0.162 e. The summed E-state index contributed by atoms with van der Waals surface area (Å²) in [6, 6.07) is 12.0. The second-order valence-corrected chi connectivity index (χ2v) is 3.98. The van der Waals surface area contributed by atoms with Crippen LogP contribution in [0.15, 0.2) is 61.2 Å². The molecule has 0 atom stereocenters. The minimum absolute atomic E-state index is 0.705. The maximum absolute atomic E-state index is 4.32. The zero-order valence-corrected chi connectivity index (χ0v) is 9.77. The number of rotatable bonds is 3. The van der Waals surface area contributed by atoms with E-state index in [1.165, 1.54) is 5.56 Å². The predicted molar refractivity (Wildman–Crippen MR) is 68.8 cm³/mol. The first-order chi connectivity index (χ1) is 8.92. The van der Waals surface area contributed by atoms with Crippen LogP contribution < -0.4 is 0 Å². The number of nitrogens with zero attached hydrogens (tertiary/aromatic N) is 4. The molecule has 4 nitrogen and oxygen atoms in total. The fourth-order valence-corrected chi connectivity index (χ4v) is 1.78. The van der Waals surface area contributed by atoms with E-state index in [9.17, 15) is 0 Å². The molecule has 2 heterocycles. The lowest BCUT2D eigenvalue weighted by atomic mass is 10.2. The maximum Gasteiger partial charge on any atom is 0.162 e. The molecule has 2 aromatic heterocycles. The van der Waals surface area contributed by atoms with Crippen LogP contribution in [0.3, 0.4) is 0 Å². The Balaban J connectivity index is 1.82. The van der Waals surface area contributed by atoms with E-state index in [0.29, 0.717) is 5.82 Å². The molecule has 18 heavy (non-hydrogen) atoms. The van der Waals surface area contributed by atoms with Crippen LogP contribution in [-0.2, 0) is 6.54 Å². The van der Waals surface area contributed by atoms with Gasteiger partial charge in [-0.15, -0.1) is 0 Å². The lowest BCUT2D eigenvalue weighted by molar-refractivity contribution is 0.687. The Hall–Kier alpha value is -2.49. The Morgan fingerprint density at radius 1 is 0.944 bits per heavy atom. The Morgan fingerprint density at radius 3 is 2.50 bits per heavy atom. The molecular formula is C14H12N4. The van der Waals surface area contributed by atoms with Gasteiger partial charge in [0.25, 0.3) is 0 Å². The molecule has 0 N–H and O–H groups in total.